The van der Waals surface area contributed by atoms with Crippen LogP contribution in [0, 0.1) is 11.3 Å². The number of nitriles is 1. The molecule has 0 aromatic heterocycles. The highest BCUT2D eigenvalue weighted by atomic mass is 32.2. The van der Waals surface area contributed by atoms with Crippen molar-refractivity contribution in [1.29, 1.82) is 5.26 Å². The molecule has 0 heterocycles. The van der Waals surface area contributed by atoms with Crippen molar-refractivity contribution in [1.82, 2.24) is 4.90 Å². The summed E-state index contributed by atoms with van der Waals surface area (Å²) in [7, 11) is 1.25. The zero-order chi connectivity index (χ0) is 24.9. The fourth-order valence-electron chi connectivity index (χ4n) is 4.06. The van der Waals surface area contributed by atoms with Crippen LogP contribution in [-0.4, -0.2) is 51.3 Å². The third-order valence-electron chi connectivity index (χ3n) is 6.03. The number of amides is 1. The number of anilines is 1. The number of esters is 1. The standard InChI is InChI=1S/C26H25N3O5S/c1-34-25(30)17-28(22-12-13-22)26(31)24(14-18-6-8-19(16-27)9-7-18)29(35(32)33)23-11-10-20-4-2-3-5-21(20)15-23/h2-11,15,22,24H,12-14,17H2,1H3,(H,32,33)/p-1. The van der Waals surface area contributed by atoms with Crippen molar-refractivity contribution < 1.29 is 23.1 Å². The highest BCUT2D eigenvalue weighted by Gasteiger charge is 2.40. The summed E-state index contributed by atoms with van der Waals surface area (Å²) >= 11 is -2.78. The van der Waals surface area contributed by atoms with Crippen molar-refractivity contribution in [2.24, 2.45) is 0 Å². The lowest BCUT2D eigenvalue weighted by molar-refractivity contribution is -0.147. The zero-order valence-electron chi connectivity index (χ0n) is 19.1. The predicted molar refractivity (Wildman–Crippen MR) is 131 cm³/mol. The van der Waals surface area contributed by atoms with Crippen LogP contribution in [0.3, 0.4) is 0 Å². The highest BCUT2D eigenvalue weighted by molar-refractivity contribution is 7.80. The van der Waals surface area contributed by atoms with Crippen molar-refractivity contribution >= 4 is 39.6 Å². The topological polar surface area (TPSA) is 114 Å². The van der Waals surface area contributed by atoms with Gasteiger partial charge in [-0.25, -0.2) is 0 Å². The van der Waals surface area contributed by atoms with Gasteiger partial charge >= 0.3 is 5.97 Å². The van der Waals surface area contributed by atoms with E-state index >= 15 is 0 Å². The molecular weight excluding hydrogens is 466 g/mol. The number of ether oxygens (including phenoxy) is 1. The second kappa shape index (κ2) is 10.7. The Balaban J connectivity index is 1.76. The monoisotopic (exact) mass is 490 g/mol. The first-order chi connectivity index (χ1) is 16.9. The maximum Gasteiger partial charge on any atom is 0.325 e. The number of nitrogens with zero attached hydrogens (tertiary/aromatic N) is 3. The van der Waals surface area contributed by atoms with Crippen LogP contribution < -0.4 is 4.31 Å². The van der Waals surface area contributed by atoms with E-state index in [-0.39, 0.29) is 19.0 Å². The Labute approximate surface area is 206 Å². The molecule has 0 aliphatic heterocycles. The van der Waals surface area contributed by atoms with Crippen LogP contribution in [0.1, 0.15) is 24.0 Å². The zero-order valence-corrected chi connectivity index (χ0v) is 19.9. The molecule has 3 aromatic rings. The largest absolute Gasteiger partial charge is 0.755 e. The summed E-state index contributed by atoms with van der Waals surface area (Å²) in [6, 6.07) is 20.2. The number of hydrogen-bond acceptors (Lipinski definition) is 6. The van der Waals surface area contributed by atoms with E-state index < -0.39 is 29.2 Å². The van der Waals surface area contributed by atoms with Crippen LogP contribution in [0.2, 0.25) is 0 Å². The Bertz CT molecular complexity index is 1300. The Kier molecular flexibility index (Phi) is 7.44. The number of rotatable bonds is 9. The number of benzene rings is 3. The van der Waals surface area contributed by atoms with E-state index in [1.54, 1.807) is 42.5 Å². The molecule has 2 atom stereocenters. The lowest BCUT2D eigenvalue weighted by Crippen LogP contribution is -2.52. The summed E-state index contributed by atoms with van der Waals surface area (Å²) in [6.45, 7) is -0.249. The van der Waals surface area contributed by atoms with E-state index in [9.17, 15) is 18.4 Å². The number of carbonyl (C=O) groups excluding carboxylic acids is 2. The Morgan fingerprint density at radius 1 is 1.11 bits per heavy atom. The Morgan fingerprint density at radius 2 is 1.80 bits per heavy atom. The molecule has 1 saturated carbocycles. The van der Waals surface area contributed by atoms with E-state index in [1.807, 2.05) is 30.3 Å². The molecule has 1 amide bonds. The summed E-state index contributed by atoms with van der Waals surface area (Å²) in [6.07, 6.45) is 1.54. The minimum absolute atomic E-state index is 0.0652. The first kappa shape index (κ1) is 24.4. The molecule has 1 aliphatic rings. The smallest absolute Gasteiger partial charge is 0.325 e. The van der Waals surface area contributed by atoms with Gasteiger partial charge < -0.3 is 14.2 Å². The quantitative estimate of drug-likeness (QED) is 0.336. The van der Waals surface area contributed by atoms with E-state index in [4.69, 9.17) is 10.00 Å². The molecule has 9 heteroatoms. The number of hydrogen-bond donors (Lipinski definition) is 0. The Morgan fingerprint density at radius 3 is 2.40 bits per heavy atom. The first-order valence-corrected chi connectivity index (χ1v) is 12.2. The number of fused-ring (bicyclic) bond motifs is 1. The van der Waals surface area contributed by atoms with Crippen molar-refractivity contribution in [3.63, 3.8) is 0 Å². The van der Waals surface area contributed by atoms with Crippen LogP contribution in [0.5, 0.6) is 0 Å². The first-order valence-electron chi connectivity index (χ1n) is 11.1. The molecule has 8 nitrogen and oxygen atoms in total. The summed E-state index contributed by atoms with van der Waals surface area (Å²) in [5.74, 6) is -1.04. The molecule has 1 aliphatic carbocycles. The molecule has 0 radical (unpaired) electrons. The van der Waals surface area contributed by atoms with Gasteiger partial charge in [0.2, 0.25) is 5.91 Å². The van der Waals surface area contributed by atoms with Crippen molar-refractivity contribution in [3.05, 3.63) is 77.9 Å². The van der Waals surface area contributed by atoms with Crippen LogP contribution in [0.4, 0.5) is 5.69 Å². The fraction of sp³-hybridized carbons (Fsp3) is 0.269. The van der Waals surface area contributed by atoms with Crippen molar-refractivity contribution in [2.75, 3.05) is 18.0 Å². The SMILES string of the molecule is COC(=O)CN(C(=O)C(Cc1ccc(C#N)cc1)N(c1ccc2ccccc2c1)S(=O)[O-])C1CC1. The van der Waals surface area contributed by atoms with Gasteiger partial charge in [-0.1, -0.05) is 42.5 Å². The van der Waals surface area contributed by atoms with Gasteiger partial charge in [0.05, 0.1) is 18.7 Å². The molecule has 180 valence electrons. The summed E-state index contributed by atoms with van der Waals surface area (Å²) < 4.78 is 31.0. The highest BCUT2D eigenvalue weighted by Crippen LogP contribution is 2.31. The van der Waals surface area contributed by atoms with E-state index in [0.717, 1.165) is 27.9 Å². The summed E-state index contributed by atoms with van der Waals surface area (Å²) in [5.41, 5.74) is 1.49. The molecule has 1 fully saturated rings. The second-order valence-electron chi connectivity index (χ2n) is 8.38. The van der Waals surface area contributed by atoms with Crippen LogP contribution in [-0.2, 0) is 32.0 Å². The van der Waals surface area contributed by atoms with Gasteiger partial charge in [0.25, 0.3) is 0 Å². The second-order valence-corrected chi connectivity index (χ2v) is 9.20. The average molecular weight is 491 g/mol. The van der Waals surface area contributed by atoms with Crippen molar-refractivity contribution in [3.8, 4) is 6.07 Å². The number of carbonyl (C=O) groups is 2. The summed E-state index contributed by atoms with van der Waals surface area (Å²) in [4.78, 5) is 27.3. The predicted octanol–water partition coefficient (Wildman–Crippen LogP) is 3.09. The maximum atomic E-state index is 13.8. The van der Waals surface area contributed by atoms with Gasteiger partial charge in [-0.3, -0.25) is 18.1 Å². The molecule has 0 N–H and O–H groups in total. The van der Waals surface area contributed by atoms with E-state index in [0.29, 0.717) is 16.8 Å². The van der Waals surface area contributed by atoms with Crippen LogP contribution in [0.25, 0.3) is 10.8 Å². The third kappa shape index (κ3) is 5.67. The van der Waals surface area contributed by atoms with Gasteiger partial charge in [-0.15, -0.1) is 0 Å². The van der Waals surface area contributed by atoms with Gasteiger partial charge in [0, 0.05) is 29.4 Å². The van der Waals surface area contributed by atoms with E-state index in [1.165, 1.54) is 12.0 Å². The Hall–Kier alpha value is -3.74. The van der Waals surface area contributed by atoms with Gasteiger partial charge in [-0.05, 0) is 53.4 Å². The maximum absolute atomic E-state index is 13.8. The fourth-order valence-corrected chi connectivity index (χ4v) is 4.72. The molecule has 4 rings (SSSR count). The molecule has 35 heavy (non-hydrogen) atoms. The van der Waals surface area contributed by atoms with Gasteiger partial charge in [0.15, 0.2) is 0 Å². The van der Waals surface area contributed by atoms with Crippen LogP contribution >= 0.6 is 0 Å². The molecule has 2 unspecified atom stereocenters. The average Bonchev–Trinajstić information content (AvgIpc) is 3.72. The number of methoxy groups -OCH3 is 1. The van der Waals surface area contributed by atoms with Crippen LogP contribution in [0.15, 0.2) is 66.7 Å². The molecule has 0 bridgehead atoms. The minimum atomic E-state index is -2.78. The van der Waals surface area contributed by atoms with E-state index in [2.05, 4.69) is 0 Å². The lowest BCUT2D eigenvalue weighted by Gasteiger charge is -2.37. The third-order valence-corrected chi connectivity index (χ3v) is 6.81. The lowest BCUT2D eigenvalue weighted by atomic mass is 10.0. The molecule has 0 saturated heterocycles. The van der Waals surface area contributed by atoms with Crippen molar-refractivity contribution in [2.45, 2.75) is 31.3 Å². The summed E-state index contributed by atoms with van der Waals surface area (Å²) in [5, 5.41) is 10.9. The van der Waals surface area contributed by atoms with Gasteiger partial charge in [0.1, 0.15) is 12.6 Å². The van der Waals surface area contributed by atoms with Gasteiger partial charge in [-0.2, -0.15) is 5.26 Å². The minimum Gasteiger partial charge on any atom is -0.755 e. The molecular formula is C26H24N3O5S-. The molecule has 0 spiro atoms. The normalized spacial score (nSPS) is 14.5. The molecule has 3 aromatic carbocycles.